The maximum atomic E-state index is 12.2. The first-order valence-electron chi connectivity index (χ1n) is 9.88. The van der Waals surface area contributed by atoms with Crippen LogP contribution >= 0.6 is 11.8 Å². The number of aryl methyl sites for hydroxylation is 1. The van der Waals surface area contributed by atoms with Crippen molar-refractivity contribution in [1.82, 2.24) is 24.3 Å². The highest BCUT2D eigenvalue weighted by atomic mass is 32.2. The summed E-state index contributed by atoms with van der Waals surface area (Å²) in [6.45, 7) is 1.17. The van der Waals surface area contributed by atoms with Crippen LogP contribution in [0.3, 0.4) is 0 Å². The van der Waals surface area contributed by atoms with Crippen molar-refractivity contribution in [2.45, 2.75) is 18.2 Å². The van der Waals surface area contributed by atoms with Crippen molar-refractivity contribution in [1.29, 1.82) is 0 Å². The first-order valence-corrected chi connectivity index (χ1v) is 10.9. The Bertz CT molecular complexity index is 1360. The first-order chi connectivity index (χ1) is 15.3. The lowest BCUT2D eigenvalue weighted by atomic mass is 10.2. The topological polar surface area (TPSA) is 78.7 Å². The van der Waals surface area contributed by atoms with E-state index < -0.39 is 0 Å². The molecule has 0 spiro atoms. The number of hydrogen-bond acceptors (Lipinski definition) is 6. The Morgan fingerprint density at radius 1 is 0.871 bits per heavy atom. The van der Waals surface area contributed by atoms with Crippen molar-refractivity contribution in [3.8, 4) is 11.4 Å². The Balaban J connectivity index is 1.41. The van der Waals surface area contributed by atoms with Gasteiger partial charge in [0.1, 0.15) is 0 Å². The molecule has 3 aromatic heterocycles. The molecule has 0 amide bonds. The van der Waals surface area contributed by atoms with Crippen molar-refractivity contribution in [3.05, 3.63) is 95.2 Å². The van der Waals surface area contributed by atoms with Gasteiger partial charge in [-0.15, -0.1) is 10.2 Å². The molecule has 154 valence electrons. The molecule has 0 bridgehead atoms. The lowest BCUT2D eigenvalue weighted by Crippen LogP contribution is -2.15. The lowest BCUT2D eigenvalue weighted by Gasteiger charge is -2.10. The van der Waals surface area contributed by atoms with Gasteiger partial charge < -0.3 is 4.42 Å². The Labute approximate surface area is 182 Å². The van der Waals surface area contributed by atoms with Crippen LogP contribution in [0.25, 0.3) is 22.5 Å². The second-order valence-corrected chi connectivity index (χ2v) is 8.01. The Hall–Kier alpha value is -3.65. The van der Waals surface area contributed by atoms with Crippen molar-refractivity contribution < 1.29 is 4.42 Å². The Kier molecular flexibility index (Phi) is 5.37. The SMILES string of the molecule is O=c1oc2ccccc2n1CCSc1nnc(-c2ccncc2)n1Cc1ccccc1. The largest absolute Gasteiger partial charge is 0.419 e. The number of benzene rings is 2. The Morgan fingerprint density at radius 3 is 2.48 bits per heavy atom. The van der Waals surface area contributed by atoms with E-state index in [1.54, 1.807) is 34.8 Å². The third-order valence-electron chi connectivity index (χ3n) is 4.96. The number of aromatic nitrogens is 5. The molecule has 0 unspecified atom stereocenters. The van der Waals surface area contributed by atoms with Gasteiger partial charge in [-0.1, -0.05) is 54.2 Å². The number of para-hydroxylation sites is 2. The van der Waals surface area contributed by atoms with Crippen molar-refractivity contribution in [3.63, 3.8) is 0 Å². The summed E-state index contributed by atoms with van der Waals surface area (Å²) >= 11 is 1.57. The monoisotopic (exact) mass is 429 g/mol. The summed E-state index contributed by atoms with van der Waals surface area (Å²) < 4.78 is 9.09. The second kappa shape index (κ2) is 8.61. The molecule has 7 nitrogen and oxygen atoms in total. The Morgan fingerprint density at radius 2 is 1.65 bits per heavy atom. The molecule has 0 atom stereocenters. The number of fused-ring (bicyclic) bond motifs is 1. The van der Waals surface area contributed by atoms with Gasteiger partial charge in [-0.2, -0.15) is 0 Å². The summed E-state index contributed by atoms with van der Waals surface area (Å²) in [5.74, 6) is 1.11. The summed E-state index contributed by atoms with van der Waals surface area (Å²) in [4.78, 5) is 16.3. The molecule has 0 radical (unpaired) electrons. The standard InChI is InChI=1S/C23H19N5O2S/c29-23-27(19-8-4-5-9-20(19)30-23)14-15-31-22-26-25-21(18-10-12-24-13-11-18)28(22)16-17-6-2-1-3-7-17/h1-13H,14-16H2. The van der Waals surface area contributed by atoms with Crippen LogP contribution in [0.1, 0.15) is 5.56 Å². The fourth-order valence-corrected chi connectivity index (χ4v) is 4.33. The quantitative estimate of drug-likeness (QED) is 0.363. The van der Waals surface area contributed by atoms with Gasteiger partial charge in [0.25, 0.3) is 0 Å². The maximum absolute atomic E-state index is 12.2. The second-order valence-electron chi connectivity index (χ2n) is 6.95. The van der Waals surface area contributed by atoms with E-state index >= 15 is 0 Å². The predicted octanol–water partition coefficient (Wildman–Crippen LogP) is 4.09. The van der Waals surface area contributed by atoms with E-state index in [4.69, 9.17) is 4.42 Å². The van der Waals surface area contributed by atoms with Gasteiger partial charge in [0.15, 0.2) is 16.6 Å². The molecule has 0 saturated heterocycles. The van der Waals surface area contributed by atoms with E-state index in [1.807, 2.05) is 48.5 Å². The van der Waals surface area contributed by atoms with Crippen LogP contribution in [0.4, 0.5) is 0 Å². The van der Waals surface area contributed by atoms with Gasteiger partial charge in [0.2, 0.25) is 0 Å². The number of nitrogens with zero attached hydrogens (tertiary/aromatic N) is 5. The molecular weight excluding hydrogens is 410 g/mol. The zero-order valence-corrected chi connectivity index (χ0v) is 17.4. The number of pyridine rings is 1. The molecule has 0 N–H and O–H groups in total. The smallest absolute Gasteiger partial charge is 0.408 e. The van der Waals surface area contributed by atoms with Gasteiger partial charge >= 0.3 is 5.76 Å². The van der Waals surface area contributed by atoms with Crippen LogP contribution in [-0.2, 0) is 13.1 Å². The van der Waals surface area contributed by atoms with Crippen molar-refractivity contribution in [2.75, 3.05) is 5.75 Å². The van der Waals surface area contributed by atoms with Crippen LogP contribution in [0, 0.1) is 0 Å². The minimum atomic E-state index is -0.343. The summed E-state index contributed by atoms with van der Waals surface area (Å²) in [6, 6.07) is 21.5. The highest BCUT2D eigenvalue weighted by molar-refractivity contribution is 7.99. The highest BCUT2D eigenvalue weighted by Gasteiger charge is 2.16. The average molecular weight is 430 g/mol. The van der Waals surface area contributed by atoms with E-state index in [-0.39, 0.29) is 5.76 Å². The zero-order chi connectivity index (χ0) is 21.0. The molecule has 31 heavy (non-hydrogen) atoms. The summed E-state index contributed by atoms with van der Waals surface area (Å²) in [6.07, 6.45) is 3.50. The molecule has 8 heteroatoms. The molecular formula is C23H19N5O2S. The van der Waals surface area contributed by atoms with E-state index in [9.17, 15) is 4.79 Å². The number of oxazole rings is 1. The molecule has 3 heterocycles. The fraction of sp³-hybridized carbons (Fsp3) is 0.130. The van der Waals surface area contributed by atoms with Gasteiger partial charge in [0, 0.05) is 30.3 Å². The summed E-state index contributed by atoms with van der Waals surface area (Å²) in [7, 11) is 0. The average Bonchev–Trinajstić information content (AvgIpc) is 3.35. The molecule has 2 aromatic carbocycles. The van der Waals surface area contributed by atoms with Crippen molar-refractivity contribution >= 4 is 22.9 Å². The molecule has 5 aromatic rings. The van der Waals surface area contributed by atoms with Crippen LogP contribution < -0.4 is 5.76 Å². The van der Waals surface area contributed by atoms with Crippen molar-refractivity contribution in [2.24, 2.45) is 0 Å². The minimum absolute atomic E-state index is 0.343. The molecule has 0 aliphatic carbocycles. The van der Waals surface area contributed by atoms with Crippen LogP contribution in [0.2, 0.25) is 0 Å². The van der Waals surface area contributed by atoms with E-state index in [2.05, 4.69) is 31.9 Å². The number of rotatable bonds is 7. The third-order valence-corrected chi connectivity index (χ3v) is 5.91. The van der Waals surface area contributed by atoms with Crippen LogP contribution in [0.5, 0.6) is 0 Å². The van der Waals surface area contributed by atoms with E-state index in [0.29, 0.717) is 24.4 Å². The summed E-state index contributed by atoms with van der Waals surface area (Å²) in [5, 5.41) is 9.68. The third kappa shape index (κ3) is 4.02. The molecule has 5 rings (SSSR count). The van der Waals surface area contributed by atoms with Crippen LogP contribution in [-0.4, -0.2) is 30.1 Å². The predicted molar refractivity (Wildman–Crippen MR) is 120 cm³/mol. The molecule has 0 aliphatic heterocycles. The lowest BCUT2D eigenvalue weighted by molar-refractivity contribution is 0.514. The zero-order valence-electron chi connectivity index (χ0n) is 16.6. The van der Waals surface area contributed by atoms with Crippen LogP contribution in [0.15, 0.2) is 93.5 Å². The number of thioether (sulfide) groups is 1. The molecule has 0 saturated carbocycles. The van der Waals surface area contributed by atoms with E-state index in [0.717, 1.165) is 27.6 Å². The number of hydrogen-bond donors (Lipinski definition) is 0. The maximum Gasteiger partial charge on any atom is 0.419 e. The van der Waals surface area contributed by atoms with Gasteiger partial charge in [-0.05, 0) is 29.8 Å². The minimum Gasteiger partial charge on any atom is -0.408 e. The molecule has 0 fully saturated rings. The van der Waals surface area contributed by atoms with Gasteiger partial charge in [-0.25, -0.2) is 4.79 Å². The first kappa shape index (κ1) is 19.3. The molecule has 0 aliphatic rings. The van der Waals surface area contributed by atoms with E-state index in [1.165, 1.54) is 0 Å². The fourth-order valence-electron chi connectivity index (χ4n) is 3.47. The normalized spacial score (nSPS) is 11.2. The van der Waals surface area contributed by atoms with Gasteiger partial charge in [0.05, 0.1) is 12.1 Å². The van der Waals surface area contributed by atoms with Gasteiger partial charge in [-0.3, -0.25) is 14.1 Å². The summed E-state index contributed by atoms with van der Waals surface area (Å²) in [5.41, 5.74) is 3.53. The highest BCUT2D eigenvalue weighted by Crippen LogP contribution is 2.25.